The van der Waals surface area contributed by atoms with E-state index in [9.17, 15) is 9.59 Å². The summed E-state index contributed by atoms with van der Waals surface area (Å²) in [5.74, 6) is 0.0316. The number of carbonyl (C=O) groups is 2. The van der Waals surface area contributed by atoms with Gasteiger partial charge in [-0.1, -0.05) is 42.5 Å². The summed E-state index contributed by atoms with van der Waals surface area (Å²) in [7, 11) is 5.73. The predicted molar refractivity (Wildman–Crippen MR) is 107 cm³/mol. The zero-order valence-electron chi connectivity index (χ0n) is 16.4. The van der Waals surface area contributed by atoms with E-state index >= 15 is 0 Å². The summed E-state index contributed by atoms with van der Waals surface area (Å²) in [5.41, 5.74) is 0.387. The Morgan fingerprint density at radius 2 is 1.85 bits per heavy atom. The highest BCUT2D eigenvalue weighted by Gasteiger charge is 2.49. The van der Waals surface area contributed by atoms with Crippen LogP contribution in [0, 0.1) is 11.8 Å². The number of ketones is 1. The number of hydrogen-bond acceptors (Lipinski definition) is 3. The smallest absolute Gasteiger partial charge is 0.200 e. The number of amides is 1. The lowest BCUT2D eigenvalue weighted by Gasteiger charge is -2.34. The number of allylic oxidation sites excluding steroid dienone is 2. The molecule has 4 atom stereocenters. The van der Waals surface area contributed by atoms with Crippen molar-refractivity contribution in [2.45, 2.75) is 64.3 Å². The van der Waals surface area contributed by atoms with Gasteiger partial charge in [0.15, 0.2) is 5.81 Å². The molecule has 27 heavy (non-hydrogen) atoms. The van der Waals surface area contributed by atoms with Gasteiger partial charge in [-0.3, -0.25) is 9.59 Å². The van der Waals surface area contributed by atoms with E-state index < -0.39 is 11.5 Å². The first-order chi connectivity index (χ1) is 12.8. The molecule has 142 valence electrons. The molecular formula is C22H28BNO3. The summed E-state index contributed by atoms with van der Waals surface area (Å²) in [5, 5.41) is 0. The van der Waals surface area contributed by atoms with E-state index in [1.807, 2.05) is 32.0 Å². The lowest BCUT2D eigenvalue weighted by Crippen LogP contribution is -2.49. The number of carbonyl (C=O) groups excluding carboxylic acids is 2. The second kappa shape index (κ2) is 8.01. The van der Waals surface area contributed by atoms with Crippen LogP contribution in [-0.2, 0) is 16.0 Å². The standard InChI is InChI=1S/C22H28BNO3/c1-15(25)18-12-8-7-11-17(18)14-20-19(13-16-9-5-4-6-10-16)24(21(23)26)22(2,3)27-20/h4-10,17-20H,11-14H2,1-3H3/t17?,18?,19-,20+/m0/s1. The van der Waals surface area contributed by atoms with E-state index in [1.54, 1.807) is 11.8 Å². The third-order valence-electron chi connectivity index (χ3n) is 5.93. The first kappa shape index (κ1) is 19.9. The average Bonchev–Trinajstić information content (AvgIpc) is 2.85. The summed E-state index contributed by atoms with van der Waals surface area (Å²) >= 11 is 0. The predicted octanol–water partition coefficient (Wildman–Crippen LogP) is 3.88. The van der Waals surface area contributed by atoms with E-state index in [1.165, 1.54) is 0 Å². The molecule has 1 saturated heterocycles. The highest BCUT2D eigenvalue weighted by molar-refractivity contribution is 6.57. The summed E-state index contributed by atoms with van der Waals surface area (Å²) < 4.78 is 6.33. The Labute approximate surface area is 163 Å². The molecule has 0 saturated carbocycles. The zero-order chi connectivity index (χ0) is 19.6. The molecule has 1 aliphatic heterocycles. The molecule has 1 fully saturated rings. The molecule has 1 aromatic carbocycles. The lowest BCUT2D eigenvalue weighted by atomic mass is 9.76. The second-order valence-corrected chi connectivity index (χ2v) is 8.22. The fourth-order valence-electron chi connectivity index (χ4n) is 4.71. The number of nitrogens with zero attached hydrogens (tertiary/aromatic N) is 1. The van der Waals surface area contributed by atoms with Crippen LogP contribution >= 0.6 is 0 Å². The second-order valence-electron chi connectivity index (χ2n) is 8.22. The normalized spacial score (nSPS) is 29.7. The van der Waals surface area contributed by atoms with Gasteiger partial charge in [-0.05, 0) is 57.9 Å². The summed E-state index contributed by atoms with van der Waals surface area (Å²) in [6, 6.07) is 9.95. The SMILES string of the molecule is [B]C(=O)N1[C@@H](Cc2ccccc2)[C@@H](CC2CC=CCC2C(C)=O)OC1(C)C. The number of ether oxygens (including phenoxy) is 1. The van der Waals surface area contributed by atoms with Crippen molar-refractivity contribution < 1.29 is 14.3 Å². The van der Waals surface area contributed by atoms with Crippen LogP contribution in [0.15, 0.2) is 42.5 Å². The van der Waals surface area contributed by atoms with Gasteiger partial charge in [0.25, 0.3) is 0 Å². The Morgan fingerprint density at radius 1 is 1.19 bits per heavy atom. The van der Waals surface area contributed by atoms with Crippen molar-refractivity contribution in [1.82, 2.24) is 4.90 Å². The number of Topliss-reactive ketones (excluding diaryl/α,β-unsaturated/α-hetero) is 1. The van der Waals surface area contributed by atoms with E-state index in [-0.39, 0.29) is 29.8 Å². The minimum atomic E-state index is -0.758. The van der Waals surface area contributed by atoms with Crippen molar-refractivity contribution in [3.8, 4) is 0 Å². The Hall–Kier alpha value is -1.88. The maximum atomic E-state index is 12.2. The number of benzene rings is 1. The van der Waals surface area contributed by atoms with Crippen molar-refractivity contribution in [2.75, 3.05) is 0 Å². The lowest BCUT2D eigenvalue weighted by molar-refractivity contribution is -0.123. The van der Waals surface area contributed by atoms with Gasteiger partial charge in [-0.15, -0.1) is 0 Å². The number of hydrogen-bond donors (Lipinski definition) is 0. The van der Waals surface area contributed by atoms with Crippen molar-refractivity contribution in [3.05, 3.63) is 48.0 Å². The van der Waals surface area contributed by atoms with Gasteiger partial charge in [0.2, 0.25) is 7.85 Å². The van der Waals surface area contributed by atoms with Gasteiger partial charge in [0, 0.05) is 5.92 Å². The zero-order valence-corrected chi connectivity index (χ0v) is 16.4. The Bertz CT molecular complexity index is 716. The average molecular weight is 365 g/mol. The van der Waals surface area contributed by atoms with Crippen molar-refractivity contribution in [2.24, 2.45) is 11.8 Å². The van der Waals surface area contributed by atoms with Crippen molar-refractivity contribution >= 4 is 19.4 Å². The largest absolute Gasteiger partial charge is 0.351 e. The summed E-state index contributed by atoms with van der Waals surface area (Å²) in [6.45, 7) is 5.45. The van der Waals surface area contributed by atoms with Gasteiger partial charge >= 0.3 is 0 Å². The van der Waals surface area contributed by atoms with Crippen molar-refractivity contribution in [3.63, 3.8) is 0 Å². The maximum absolute atomic E-state index is 12.2. The molecular weight excluding hydrogens is 337 g/mol. The monoisotopic (exact) mass is 365 g/mol. The van der Waals surface area contributed by atoms with Gasteiger partial charge < -0.3 is 9.64 Å². The van der Waals surface area contributed by atoms with Crippen LogP contribution in [-0.4, -0.2) is 42.2 Å². The Morgan fingerprint density at radius 3 is 2.48 bits per heavy atom. The molecule has 1 aromatic rings. The number of rotatable bonds is 5. The van der Waals surface area contributed by atoms with Gasteiger partial charge in [0.05, 0.1) is 12.1 Å². The van der Waals surface area contributed by atoms with Gasteiger partial charge in [-0.25, -0.2) is 0 Å². The van der Waals surface area contributed by atoms with E-state index in [2.05, 4.69) is 24.3 Å². The van der Waals surface area contributed by atoms with E-state index in [0.717, 1.165) is 24.8 Å². The van der Waals surface area contributed by atoms with E-state index in [4.69, 9.17) is 12.6 Å². The molecule has 2 radical (unpaired) electrons. The molecule has 0 N–H and O–H groups in total. The molecule has 4 nitrogen and oxygen atoms in total. The molecule has 1 amide bonds. The fraction of sp³-hybridized carbons (Fsp3) is 0.545. The maximum Gasteiger partial charge on any atom is 0.200 e. The highest BCUT2D eigenvalue weighted by Crippen LogP contribution is 2.40. The first-order valence-electron chi connectivity index (χ1n) is 9.75. The molecule has 5 heteroatoms. The minimum Gasteiger partial charge on any atom is -0.351 e. The topological polar surface area (TPSA) is 46.6 Å². The molecule has 2 unspecified atom stereocenters. The summed E-state index contributed by atoms with van der Waals surface area (Å²) in [4.78, 5) is 26.0. The molecule has 0 bridgehead atoms. The van der Waals surface area contributed by atoms with E-state index in [0.29, 0.717) is 6.42 Å². The quantitative estimate of drug-likeness (QED) is 0.588. The van der Waals surface area contributed by atoms with Crippen LogP contribution < -0.4 is 0 Å². The molecule has 0 aromatic heterocycles. The Balaban J connectivity index is 1.85. The molecule has 3 rings (SSSR count). The first-order valence-corrected chi connectivity index (χ1v) is 9.75. The minimum absolute atomic E-state index is 0.0294. The third-order valence-corrected chi connectivity index (χ3v) is 5.93. The van der Waals surface area contributed by atoms with Gasteiger partial charge in [0.1, 0.15) is 11.5 Å². The van der Waals surface area contributed by atoms with Gasteiger partial charge in [-0.2, -0.15) is 0 Å². The fourth-order valence-corrected chi connectivity index (χ4v) is 4.71. The van der Waals surface area contributed by atoms with Crippen LogP contribution in [0.4, 0.5) is 4.79 Å². The van der Waals surface area contributed by atoms with Crippen LogP contribution in [0.1, 0.15) is 45.6 Å². The van der Waals surface area contributed by atoms with Crippen molar-refractivity contribution in [1.29, 1.82) is 0 Å². The molecule has 0 spiro atoms. The van der Waals surface area contributed by atoms with Crippen LogP contribution in [0.2, 0.25) is 0 Å². The highest BCUT2D eigenvalue weighted by atomic mass is 16.5. The molecule has 2 aliphatic rings. The molecule has 1 aliphatic carbocycles. The molecule has 1 heterocycles. The third kappa shape index (κ3) is 4.35. The Kier molecular flexibility index (Phi) is 5.90. The summed E-state index contributed by atoms with van der Waals surface area (Å²) in [6.07, 6.45) is 7.20. The van der Waals surface area contributed by atoms with Crippen LogP contribution in [0.25, 0.3) is 0 Å². The van der Waals surface area contributed by atoms with Crippen LogP contribution in [0.5, 0.6) is 0 Å². The van der Waals surface area contributed by atoms with Crippen LogP contribution in [0.3, 0.4) is 0 Å².